The number of aliphatic carboxylic acids is 3. The summed E-state index contributed by atoms with van der Waals surface area (Å²) >= 11 is 0. The molecule has 1 aliphatic heterocycles. The third-order valence-corrected chi connectivity index (χ3v) is 17.1. The number of carboxylic acids is 3. The standard InChI is InChI=1S/C47H84N8O14S3/c1-31(39(57)52-21-25-69-26-22-53-54-48)36(43(62)63)46(5,6)30-34(42(60)61)37(41(59)51-20-19-49-35(56)16-12-11-15-32-17-27-70-71-32)47(7,8)29-33(38(44(64)65)45(2,3)4)40(58)50-18-13-23-55(9,10)24-14-28-72(66,67)68/h31-34,36-38H,11-30H2,1-10H3,(H7-,49,50,51,52,56,57,58,59,60,61,62,63,64,65,66,67,68)/p+1. The highest BCUT2D eigenvalue weighted by Crippen LogP contribution is 2.48. The Balaban J connectivity index is 3.60. The largest absolute Gasteiger partial charge is 0.481 e. The summed E-state index contributed by atoms with van der Waals surface area (Å²) in [5.41, 5.74) is 4.44. The van der Waals surface area contributed by atoms with Crippen molar-refractivity contribution >= 4 is 73.2 Å². The molecule has 1 saturated heterocycles. The highest BCUT2D eigenvalue weighted by atomic mass is 33.1. The van der Waals surface area contributed by atoms with Gasteiger partial charge in [-0.15, -0.1) is 0 Å². The Labute approximate surface area is 434 Å². The summed E-state index contributed by atoms with van der Waals surface area (Å²) in [6.45, 7) is 13.6. The highest BCUT2D eigenvalue weighted by Gasteiger charge is 2.53. The summed E-state index contributed by atoms with van der Waals surface area (Å²) in [5, 5.41) is 47.4. The lowest BCUT2D eigenvalue weighted by atomic mass is 9.59. The van der Waals surface area contributed by atoms with Crippen molar-refractivity contribution in [2.24, 2.45) is 56.9 Å². The average molecular weight is 1080 g/mol. The first-order valence-electron chi connectivity index (χ1n) is 24.7. The van der Waals surface area contributed by atoms with Crippen LogP contribution in [0.1, 0.15) is 113 Å². The highest BCUT2D eigenvalue weighted by molar-refractivity contribution is 8.77. The number of nitrogens with one attached hydrogen (secondary N) is 4. The summed E-state index contributed by atoms with van der Waals surface area (Å²) in [7, 11) is 3.30. The van der Waals surface area contributed by atoms with Gasteiger partial charge in [0.15, 0.2) is 0 Å². The second-order valence-corrected chi connectivity index (χ2v) is 26.3. The van der Waals surface area contributed by atoms with Gasteiger partial charge in [0, 0.05) is 73.8 Å². The van der Waals surface area contributed by atoms with E-state index in [1.807, 2.05) is 35.7 Å². The third kappa shape index (κ3) is 24.9. The first-order chi connectivity index (χ1) is 33.3. The van der Waals surface area contributed by atoms with Crippen molar-refractivity contribution in [2.75, 3.05) is 84.6 Å². The summed E-state index contributed by atoms with van der Waals surface area (Å²) in [4.78, 5) is 97.7. The first-order valence-corrected chi connectivity index (χ1v) is 28.7. The number of amides is 4. The summed E-state index contributed by atoms with van der Waals surface area (Å²) < 4.78 is 37.4. The number of azide groups is 1. The van der Waals surface area contributed by atoms with Crippen LogP contribution in [0.2, 0.25) is 0 Å². The molecule has 22 nitrogen and oxygen atoms in total. The molecule has 1 heterocycles. The number of carbonyl (C=O) groups is 7. The van der Waals surface area contributed by atoms with Crippen LogP contribution in [0.4, 0.5) is 0 Å². The van der Waals surface area contributed by atoms with Gasteiger partial charge in [0.25, 0.3) is 10.1 Å². The molecular weight excluding hydrogens is 997 g/mol. The van der Waals surface area contributed by atoms with E-state index in [2.05, 4.69) is 31.3 Å². The summed E-state index contributed by atoms with van der Waals surface area (Å²) in [6.07, 6.45) is 3.87. The van der Waals surface area contributed by atoms with Crippen molar-refractivity contribution in [3.05, 3.63) is 10.4 Å². The zero-order chi connectivity index (χ0) is 55.1. The Kier molecular flexibility index (Phi) is 28.6. The molecule has 1 rings (SSSR count). The molecule has 0 aromatic carbocycles. The monoisotopic (exact) mass is 1080 g/mol. The Morgan fingerprint density at radius 3 is 1.86 bits per heavy atom. The number of carbonyl (C=O) groups excluding carboxylic acids is 4. The second kappa shape index (κ2) is 31.1. The molecule has 0 radical (unpaired) electrons. The predicted octanol–water partition coefficient (Wildman–Crippen LogP) is 5.09. The summed E-state index contributed by atoms with van der Waals surface area (Å²) in [5.74, 6) is -14.3. The van der Waals surface area contributed by atoms with Crippen molar-refractivity contribution < 1.29 is 71.1 Å². The lowest BCUT2D eigenvalue weighted by Crippen LogP contribution is -2.52. The van der Waals surface area contributed by atoms with E-state index in [0.717, 1.165) is 25.0 Å². The number of unbranched alkanes of at least 4 members (excludes halogenated alkanes) is 1. The van der Waals surface area contributed by atoms with Crippen LogP contribution >= 0.6 is 21.6 Å². The molecule has 72 heavy (non-hydrogen) atoms. The molecule has 25 heteroatoms. The fraction of sp³-hybridized carbons (Fsp3) is 0.851. The molecule has 0 spiro atoms. The maximum absolute atomic E-state index is 14.7. The molecule has 0 bridgehead atoms. The van der Waals surface area contributed by atoms with E-state index < -0.39 is 110 Å². The average Bonchev–Trinajstić information content (AvgIpc) is 3.76. The molecule has 7 unspecified atom stereocenters. The molecule has 414 valence electrons. The lowest BCUT2D eigenvalue weighted by molar-refractivity contribution is -0.890. The minimum atomic E-state index is -4.14. The van der Waals surface area contributed by atoms with E-state index in [9.17, 15) is 57.3 Å². The number of hydrogen-bond donors (Lipinski definition) is 8. The lowest BCUT2D eigenvalue weighted by Gasteiger charge is -2.44. The van der Waals surface area contributed by atoms with E-state index in [0.29, 0.717) is 35.7 Å². The van der Waals surface area contributed by atoms with Gasteiger partial charge in [0.2, 0.25) is 23.6 Å². The zero-order valence-corrected chi connectivity index (χ0v) is 46.5. The minimum Gasteiger partial charge on any atom is -0.481 e. The van der Waals surface area contributed by atoms with Gasteiger partial charge >= 0.3 is 17.9 Å². The van der Waals surface area contributed by atoms with Gasteiger partial charge in [-0.25, -0.2) is 0 Å². The smallest absolute Gasteiger partial charge is 0.307 e. The van der Waals surface area contributed by atoms with E-state index in [-0.39, 0.29) is 71.1 Å². The Hall–Kier alpha value is -3.87. The molecule has 0 saturated carbocycles. The van der Waals surface area contributed by atoms with Crippen LogP contribution in [-0.2, 0) is 48.4 Å². The molecule has 1 fully saturated rings. The molecular formula is C47H85N8O14S3+. The van der Waals surface area contributed by atoms with Gasteiger partial charge in [-0.1, -0.05) is 88.5 Å². The maximum Gasteiger partial charge on any atom is 0.307 e. The Morgan fingerprint density at radius 2 is 1.31 bits per heavy atom. The second-order valence-electron chi connectivity index (χ2n) is 21.9. The molecule has 7 atom stereocenters. The van der Waals surface area contributed by atoms with Gasteiger partial charge in [-0.3, -0.25) is 38.1 Å². The normalized spacial score (nSPS) is 17.0. The molecule has 1 aliphatic rings. The van der Waals surface area contributed by atoms with Gasteiger partial charge in [0.05, 0.1) is 75.7 Å². The van der Waals surface area contributed by atoms with Crippen molar-refractivity contribution in [2.45, 2.75) is 118 Å². The number of nitrogens with zero attached hydrogens (tertiary/aromatic N) is 4. The first kappa shape index (κ1) is 66.1. The fourth-order valence-electron chi connectivity index (χ4n) is 9.81. The number of hydrogen-bond acceptors (Lipinski definition) is 13. The molecule has 0 aliphatic carbocycles. The number of quaternary nitrogens is 1. The van der Waals surface area contributed by atoms with E-state index in [4.69, 9.17) is 14.8 Å². The van der Waals surface area contributed by atoms with Crippen LogP contribution in [0.25, 0.3) is 10.4 Å². The molecule has 4 amide bonds. The van der Waals surface area contributed by atoms with Gasteiger partial charge in [-0.2, -0.15) is 8.42 Å². The number of carboxylic acid groups (broad SMARTS) is 3. The fourth-order valence-corrected chi connectivity index (χ4v) is 13.3. The molecule has 0 aromatic rings. The van der Waals surface area contributed by atoms with Crippen LogP contribution in [0, 0.1) is 51.8 Å². The van der Waals surface area contributed by atoms with Crippen LogP contribution in [-0.4, -0.2) is 164 Å². The van der Waals surface area contributed by atoms with Crippen LogP contribution < -0.4 is 21.3 Å². The van der Waals surface area contributed by atoms with Gasteiger partial charge < -0.3 is 45.8 Å². The van der Waals surface area contributed by atoms with Crippen LogP contribution in [0.15, 0.2) is 5.11 Å². The molecule has 0 aromatic heterocycles. The minimum absolute atomic E-state index is 0.00263. The quantitative estimate of drug-likeness (QED) is 0.00764. The topological polar surface area (TPSA) is 341 Å². The third-order valence-electron chi connectivity index (χ3n) is 13.3. The van der Waals surface area contributed by atoms with Crippen molar-refractivity contribution in [3.8, 4) is 0 Å². The zero-order valence-electron chi connectivity index (χ0n) is 44.1. The predicted molar refractivity (Wildman–Crippen MR) is 277 cm³/mol. The SMILES string of the molecule is CC(C(=O)NCCOCCN=[N+]=[N-])C(C(=O)O)C(C)(C)CC(C(=O)O)C(C(=O)NCCNC(=O)CCCCC1CCSS1)C(C)(C)CC(C(=O)NCCC[N+](C)(C)CCCS(=O)(=O)O)C(C(=O)O)C(C)(C)C. The van der Waals surface area contributed by atoms with Crippen LogP contribution in [0.5, 0.6) is 0 Å². The Morgan fingerprint density at radius 1 is 0.736 bits per heavy atom. The number of ether oxygens (including phenoxy) is 1. The van der Waals surface area contributed by atoms with Crippen molar-refractivity contribution in [1.82, 2.24) is 21.3 Å². The van der Waals surface area contributed by atoms with E-state index >= 15 is 0 Å². The van der Waals surface area contributed by atoms with Crippen molar-refractivity contribution in [3.63, 3.8) is 0 Å². The van der Waals surface area contributed by atoms with Crippen molar-refractivity contribution in [1.29, 1.82) is 0 Å². The van der Waals surface area contributed by atoms with E-state index in [1.54, 1.807) is 34.6 Å². The maximum atomic E-state index is 14.7. The summed E-state index contributed by atoms with van der Waals surface area (Å²) in [6, 6.07) is 0. The Bertz CT molecular complexity index is 1950. The molecule has 8 N–H and O–H groups in total. The van der Waals surface area contributed by atoms with E-state index in [1.165, 1.54) is 20.8 Å². The number of rotatable bonds is 37. The van der Waals surface area contributed by atoms with Gasteiger partial charge in [-0.05, 0) is 53.9 Å². The van der Waals surface area contributed by atoms with Crippen LogP contribution in [0.3, 0.4) is 0 Å². The van der Waals surface area contributed by atoms with Gasteiger partial charge in [0.1, 0.15) is 0 Å².